The number of benzene rings is 1. The van der Waals surface area contributed by atoms with Crippen LogP contribution in [0.3, 0.4) is 0 Å². The Morgan fingerprint density at radius 3 is 2.88 bits per heavy atom. The Bertz CT molecular complexity index is 715. The monoisotopic (exact) mass is 382 g/mol. The molecule has 1 aromatic heterocycles. The SMILES string of the molecule is O=C(Nc1ccccc1OC(F)F)N1CCCN(Cc2nccs2)CC1. The van der Waals surface area contributed by atoms with Crippen LogP contribution in [-0.4, -0.2) is 53.6 Å². The smallest absolute Gasteiger partial charge is 0.387 e. The second-order valence-corrected chi connectivity index (χ2v) is 6.83. The molecule has 1 aliphatic rings. The zero-order valence-electron chi connectivity index (χ0n) is 14.1. The molecular weight excluding hydrogens is 362 g/mol. The Morgan fingerprint density at radius 1 is 1.27 bits per heavy atom. The molecular formula is C17H20F2N4O2S. The van der Waals surface area contributed by atoms with Crippen LogP contribution in [0.15, 0.2) is 35.8 Å². The lowest BCUT2D eigenvalue weighted by molar-refractivity contribution is -0.0493. The molecule has 0 saturated carbocycles. The van der Waals surface area contributed by atoms with Gasteiger partial charge in [0.15, 0.2) is 0 Å². The minimum absolute atomic E-state index is 0.0453. The van der Waals surface area contributed by atoms with Gasteiger partial charge in [0.25, 0.3) is 0 Å². The summed E-state index contributed by atoms with van der Waals surface area (Å²) in [5.41, 5.74) is 0.238. The Balaban J connectivity index is 1.57. The summed E-state index contributed by atoms with van der Waals surface area (Å²) < 4.78 is 29.4. The van der Waals surface area contributed by atoms with Gasteiger partial charge in [0.1, 0.15) is 10.8 Å². The Kier molecular flexibility index (Phi) is 6.35. The molecule has 0 unspecified atom stereocenters. The second-order valence-electron chi connectivity index (χ2n) is 5.85. The predicted molar refractivity (Wildman–Crippen MR) is 95.7 cm³/mol. The molecule has 0 bridgehead atoms. The van der Waals surface area contributed by atoms with E-state index < -0.39 is 6.61 Å². The van der Waals surface area contributed by atoms with Gasteiger partial charge in [-0.15, -0.1) is 11.3 Å². The van der Waals surface area contributed by atoms with E-state index >= 15 is 0 Å². The maximum Gasteiger partial charge on any atom is 0.387 e. The van der Waals surface area contributed by atoms with Crippen LogP contribution in [-0.2, 0) is 6.54 Å². The molecule has 140 valence electrons. The Morgan fingerprint density at radius 2 is 2.12 bits per heavy atom. The van der Waals surface area contributed by atoms with Gasteiger partial charge < -0.3 is 15.0 Å². The molecule has 0 radical (unpaired) electrons. The van der Waals surface area contributed by atoms with Crippen molar-refractivity contribution >= 4 is 23.1 Å². The van der Waals surface area contributed by atoms with Gasteiger partial charge in [-0.25, -0.2) is 9.78 Å². The molecule has 1 saturated heterocycles. The van der Waals surface area contributed by atoms with E-state index in [-0.39, 0.29) is 17.5 Å². The summed E-state index contributed by atoms with van der Waals surface area (Å²) in [5.74, 6) is -0.0453. The highest BCUT2D eigenvalue weighted by Crippen LogP contribution is 2.26. The first-order chi connectivity index (χ1) is 12.6. The van der Waals surface area contributed by atoms with Crippen molar-refractivity contribution in [2.75, 3.05) is 31.5 Å². The third kappa shape index (κ3) is 5.12. The molecule has 1 aliphatic heterocycles. The summed E-state index contributed by atoms with van der Waals surface area (Å²) in [6.07, 6.45) is 2.63. The normalized spacial score (nSPS) is 15.7. The highest BCUT2D eigenvalue weighted by atomic mass is 32.1. The number of anilines is 1. The molecule has 0 atom stereocenters. The van der Waals surface area contributed by atoms with Crippen molar-refractivity contribution in [2.24, 2.45) is 0 Å². The zero-order valence-corrected chi connectivity index (χ0v) is 14.9. The van der Waals surface area contributed by atoms with Crippen LogP contribution in [0.2, 0.25) is 0 Å². The van der Waals surface area contributed by atoms with Gasteiger partial charge in [0.2, 0.25) is 0 Å². The molecule has 0 aliphatic carbocycles. The molecule has 26 heavy (non-hydrogen) atoms. The second kappa shape index (κ2) is 8.91. The average Bonchev–Trinajstić information content (AvgIpc) is 3.00. The molecule has 1 fully saturated rings. The van der Waals surface area contributed by atoms with E-state index in [1.807, 2.05) is 5.38 Å². The van der Waals surface area contributed by atoms with Crippen LogP contribution in [0, 0.1) is 0 Å². The summed E-state index contributed by atoms with van der Waals surface area (Å²) in [6, 6.07) is 5.87. The van der Waals surface area contributed by atoms with Crippen LogP contribution in [0.25, 0.3) is 0 Å². The van der Waals surface area contributed by atoms with Crippen LogP contribution >= 0.6 is 11.3 Å². The minimum atomic E-state index is -2.94. The lowest BCUT2D eigenvalue weighted by atomic mass is 10.3. The maximum atomic E-state index is 12.5. The van der Waals surface area contributed by atoms with Crippen molar-refractivity contribution < 1.29 is 18.3 Å². The molecule has 6 nitrogen and oxygen atoms in total. The van der Waals surface area contributed by atoms with Crippen molar-refractivity contribution in [1.82, 2.24) is 14.8 Å². The van der Waals surface area contributed by atoms with E-state index in [0.717, 1.165) is 31.1 Å². The highest BCUT2D eigenvalue weighted by Gasteiger charge is 2.21. The fourth-order valence-electron chi connectivity index (χ4n) is 2.82. The van der Waals surface area contributed by atoms with E-state index in [0.29, 0.717) is 13.1 Å². The summed E-state index contributed by atoms with van der Waals surface area (Å²) in [5, 5.41) is 5.68. The van der Waals surface area contributed by atoms with E-state index in [9.17, 15) is 13.6 Å². The standard InChI is InChI=1S/C17H20F2N4O2S/c18-16(19)25-14-5-2-1-4-13(14)21-17(24)23-8-3-7-22(9-10-23)12-15-20-6-11-26-15/h1-2,4-6,11,16H,3,7-10,12H2,(H,21,24). The number of nitrogens with zero attached hydrogens (tertiary/aromatic N) is 3. The molecule has 2 heterocycles. The first-order valence-electron chi connectivity index (χ1n) is 8.32. The highest BCUT2D eigenvalue weighted by molar-refractivity contribution is 7.09. The molecule has 1 N–H and O–H groups in total. The number of ether oxygens (including phenoxy) is 1. The maximum absolute atomic E-state index is 12.5. The van der Waals surface area contributed by atoms with E-state index in [4.69, 9.17) is 0 Å². The van der Waals surface area contributed by atoms with Gasteiger partial charge in [0, 0.05) is 37.8 Å². The molecule has 2 aromatic rings. The lowest BCUT2D eigenvalue weighted by Crippen LogP contribution is -2.38. The summed E-state index contributed by atoms with van der Waals surface area (Å²) in [6.45, 7) is 0.632. The number of para-hydroxylation sites is 2. The number of halogens is 2. The number of amides is 2. The third-order valence-corrected chi connectivity index (χ3v) is 4.83. The van der Waals surface area contributed by atoms with Gasteiger partial charge >= 0.3 is 12.6 Å². The first-order valence-corrected chi connectivity index (χ1v) is 9.20. The molecule has 0 spiro atoms. The topological polar surface area (TPSA) is 57.7 Å². The van der Waals surface area contributed by atoms with Crippen molar-refractivity contribution in [3.63, 3.8) is 0 Å². The summed E-state index contributed by atoms with van der Waals surface area (Å²) >= 11 is 1.62. The van der Waals surface area contributed by atoms with Crippen molar-refractivity contribution in [3.05, 3.63) is 40.8 Å². The number of alkyl halides is 2. The summed E-state index contributed by atoms with van der Waals surface area (Å²) in [4.78, 5) is 20.8. The molecule has 1 aromatic carbocycles. The number of hydrogen-bond donors (Lipinski definition) is 1. The Labute approximate surface area is 154 Å². The number of hydrogen-bond acceptors (Lipinski definition) is 5. The van der Waals surface area contributed by atoms with E-state index in [1.54, 1.807) is 40.6 Å². The number of rotatable bonds is 5. The van der Waals surface area contributed by atoms with Gasteiger partial charge in [-0.1, -0.05) is 12.1 Å². The predicted octanol–water partition coefficient (Wildman–Crippen LogP) is 3.48. The number of urea groups is 1. The summed E-state index contributed by atoms with van der Waals surface area (Å²) in [7, 11) is 0. The minimum Gasteiger partial charge on any atom is -0.433 e. The fraction of sp³-hybridized carbons (Fsp3) is 0.412. The van der Waals surface area contributed by atoms with Crippen LogP contribution in [0.4, 0.5) is 19.3 Å². The lowest BCUT2D eigenvalue weighted by Gasteiger charge is -2.22. The van der Waals surface area contributed by atoms with Crippen molar-refractivity contribution in [3.8, 4) is 5.75 Å². The Hall–Kier alpha value is -2.26. The van der Waals surface area contributed by atoms with Crippen LogP contribution in [0.1, 0.15) is 11.4 Å². The quantitative estimate of drug-likeness (QED) is 0.860. The largest absolute Gasteiger partial charge is 0.433 e. The zero-order chi connectivity index (χ0) is 18.4. The fourth-order valence-corrected chi connectivity index (χ4v) is 3.48. The van der Waals surface area contributed by atoms with Gasteiger partial charge in [-0.2, -0.15) is 8.78 Å². The first kappa shape index (κ1) is 18.5. The number of carbonyl (C=O) groups excluding carboxylic acids is 1. The van der Waals surface area contributed by atoms with E-state index in [2.05, 4.69) is 19.9 Å². The van der Waals surface area contributed by atoms with Crippen molar-refractivity contribution in [1.29, 1.82) is 0 Å². The van der Waals surface area contributed by atoms with Crippen molar-refractivity contribution in [2.45, 2.75) is 19.6 Å². The number of aromatic nitrogens is 1. The van der Waals surface area contributed by atoms with E-state index in [1.165, 1.54) is 6.07 Å². The number of carbonyl (C=O) groups is 1. The number of nitrogens with one attached hydrogen (secondary N) is 1. The number of thiazole rings is 1. The molecule has 9 heteroatoms. The van der Waals surface area contributed by atoms with Crippen LogP contribution < -0.4 is 10.1 Å². The van der Waals surface area contributed by atoms with Gasteiger partial charge in [-0.05, 0) is 18.6 Å². The van der Waals surface area contributed by atoms with Crippen LogP contribution in [0.5, 0.6) is 5.75 Å². The average molecular weight is 382 g/mol. The molecule has 2 amide bonds. The van der Waals surface area contributed by atoms with Gasteiger partial charge in [-0.3, -0.25) is 4.90 Å². The van der Waals surface area contributed by atoms with Gasteiger partial charge in [0.05, 0.1) is 12.2 Å². The molecule has 3 rings (SSSR count). The third-order valence-electron chi connectivity index (χ3n) is 4.06.